The molecule has 0 bridgehead atoms. The molecular formula is C16H18N4O3S2. The van der Waals surface area contributed by atoms with Gasteiger partial charge in [0.2, 0.25) is 10.0 Å². The molecule has 4 rings (SSSR count). The van der Waals surface area contributed by atoms with Crippen molar-refractivity contribution < 1.29 is 13.2 Å². The van der Waals surface area contributed by atoms with E-state index in [9.17, 15) is 13.2 Å². The van der Waals surface area contributed by atoms with E-state index < -0.39 is 15.3 Å². The highest BCUT2D eigenvalue weighted by Crippen LogP contribution is 2.35. The first-order valence-electron chi connectivity index (χ1n) is 8.04. The highest BCUT2D eigenvalue weighted by molar-refractivity contribution is 7.90. The molecule has 132 valence electrons. The molecule has 2 aliphatic rings. The molecule has 2 atom stereocenters. The lowest BCUT2D eigenvalue weighted by Gasteiger charge is -2.21. The van der Waals surface area contributed by atoms with Crippen LogP contribution < -0.4 is 0 Å². The number of carbonyl (C=O) groups excluding carboxylic acids is 1. The summed E-state index contributed by atoms with van der Waals surface area (Å²) in [5, 5.41) is 2.32. The van der Waals surface area contributed by atoms with E-state index in [1.807, 2.05) is 12.3 Å². The molecule has 0 aromatic carbocycles. The molecule has 1 amide bonds. The molecule has 0 spiro atoms. The van der Waals surface area contributed by atoms with Gasteiger partial charge in [-0.3, -0.25) is 9.78 Å². The van der Waals surface area contributed by atoms with E-state index in [0.29, 0.717) is 25.2 Å². The van der Waals surface area contributed by atoms with Gasteiger partial charge in [0, 0.05) is 48.9 Å². The average molecular weight is 378 g/mol. The van der Waals surface area contributed by atoms with Crippen LogP contribution in [0.1, 0.15) is 21.1 Å². The van der Waals surface area contributed by atoms with Gasteiger partial charge >= 0.3 is 0 Å². The second kappa shape index (κ2) is 6.15. The van der Waals surface area contributed by atoms with Crippen LogP contribution in [0.2, 0.25) is 0 Å². The van der Waals surface area contributed by atoms with Crippen LogP contribution in [-0.4, -0.2) is 58.4 Å². The molecule has 2 fully saturated rings. The Balaban J connectivity index is 1.48. The summed E-state index contributed by atoms with van der Waals surface area (Å²) in [5.41, 5.74) is 1.33. The third kappa shape index (κ3) is 2.96. The zero-order valence-corrected chi connectivity index (χ0v) is 15.3. The van der Waals surface area contributed by atoms with Crippen molar-refractivity contribution in [1.82, 2.24) is 19.2 Å². The number of aromatic nitrogens is 2. The van der Waals surface area contributed by atoms with Crippen molar-refractivity contribution in [2.75, 3.05) is 19.6 Å². The van der Waals surface area contributed by atoms with Crippen LogP contribution in [-0.2, 0) is 16.6 Å². The molecule has 2 aromatic heterocycles. The van der Waals surface area contributed by atoms with Crippen molar-refractivity contribution in [1.29, 1.82) is 0 Å². The zero-order chi connectivity index (χ0) is 17.6. The lowest BCUT2D eigenvalue weighted by Crippen LogP contribution is -2.36. The van der Waals surface area contributed by atoms with E-state index in [0.717, 1.165) is 10.7 Å². The number of sulfonamides is 1. The summed E-state index contributed by atoms with van der Waals surface area (Å²) in [6.45, 7) is 3.39. The Bertz CT molecular complexity index is 897. The summed E-state index contributed by atoms with van der Waals surface area (Å²) in [7, 11) is -3.41. The van der Waals surface area contributed by atoms with Crippen LogP contribution in [0, 0.1) is 12.8 Å². The maximum Gasteiger partial charge on any atom is 0.254 e. The number of hydrogen-bond acceptors (Lipinski definition) is 6. The van der Waals surface area contributed by atoms with Crippen LogP contribution in [0.4, 0.5) is 0 Å². The maximum atomic E-state index is 12.8. The zero-order valence-electron chi connectivity index (χ0n) is 13.7. The van der Waals surface area contributed by atoms with Gasteiger partial charge in [0.15, 0.2) is 0 Å². The molecule has 4 heterocycles. The SMILES string of the molecule is Cc1nc(CN2C[C@H]3CN(C(=O)c4ccncc4)C[C@H]3S2(=O)=O)cs1. The molecular weight excluding hydrogens is 360 g/mol. The van der Waals surface area contributed by atoms with Gasteiger partial charge in [-0.15, -0.1) is 11.3 Å². The molecule has 0 N–H and O–H groups in total. The molecule has 0 saturated carbocycles. The Hall–Kier alpha value is -1.84. The summed E-state index contributed by atoms with van der Waals surface area (Å²) in [6.07, 6.45) is 3.14. The quantitative estimate of drug-likeness (QED) is 0.800. The number of aryl methyl sites for hydroxylation is 1. The Morgan fingerprint density at radius 2 is 2.04 bits per heavy atom. The monoisotopic (exact) mass is 378 g/mol. The predicted octanol–water partition coefficient (Wildman–Crippen LogP) is 1.13. The number of nitrogens with zero attached hydrogens (tertiary/aromatic N) is 4. The number of hydrogen-bond donors (Lipinski definition) is 0. The van der Waals surface area contributed by atoms with Crippen LogP contribution in [0.3, 0.4) is 0 Å². The Labute approximate surface area is 150 Å². The Kier molecular flexibility index (Phi) is 4.09. The van der Waals surface area contributed by atoms with Crippen molar-refractivity contribution in [2.24, 2.45) is 5.92 Å². The maximum absolute atomic E-state index is 12.8. The normalized spacial score (nSPS) is 25.2. The molecule has 7 nitrogen and oxygen atoms in total. The summed E-state index contributed by atoms with van der Waals surface area (Å²) < 4.78 is 27.2. The van der Waals surface area contributed by atoms with E-state index >= 15 is 0 Å². The second-order valence-corrected chi connectivity index (χ2v) is 9.65. The van der Waals surface area contributed by atoms with Gasteiger partial charge in [-0.05, 0) is 19.1 Å². The largest absolute Gasteiger partial charge is 0.337 e. The van der Waals surface area contributed by atoms with Gasteiger partial charge in [0.25, 0.3) is 5.91 Å². The minimum Gasteiger partial charge on any atom is -0.337 e. The van der Waals surface area contributed by atoms with Gasteiger partial charge in [-0.2, -0.15) is 4.31 Å². The molecule has 0 radical (unpaired) electrons. The summed E-state index contributed by atoms with van der Waals surface area (Å²) in [5.74, 6) is -0.177. The van der Waals surface area contributed by atoms with Crippen LogP contribution in [0.5, 0.6) is 0 Å². The van der Waals surface area contributed by atoms with Crippen LogP contribution in [0.25, 0.3) is 0 Å². The van der Waals surface area contributed by atoms with E-state index in [2.05, 4.69) is 9.97 Å². The Morgan fingerprint density at radius 1 is 1.28 bits per heavy atom. The first-order chi connectivity index (χ1) is 11.9. The minimum absolute atomic E-state index is 0.0458. The summed E-state index contributed by atoms with van der Waals surface area (Å²) >= 11 is 1.52. The first kappa shape index (κ1) is 16.6. The molecule has 9 heteroatoms. The lowest BCUT2D eigenvalue weighted by molar-refractivity contribution is 0.0784. The molecule has 25 heavy (non-hydrogen) atoms. The van der Waals surface area contributed by atoms with Crippen molar-refractivity contribution in [3.63, 3.8) is 0 Å². The molecule has 0 aliphatic carbocycles. The van der Waals surface area contributed by atoms with E-state index in [-0.39, 0.29) is 18.4 Å². The fourth-order valence-electron chi connectivity index (χ4n) is 3.57. The molecule has 2 aromatic rings. The second-order valence-electron chi connectivity index (χ2n) is 6.44. The highest BCUT2D eigenvalue weighted by atomic mass is 32.2. The van der Waals surface area contributed by atoms with Crippen molar-refractivity contribution in [2.45, 2.75) is 18.7 Å². The van der Waals surface area contributed by atoms with Gasteiger partial charge in [-0.1, -0.05) is 0 Å². The fourth-order valence-corrected chi connectivity index (χ4v) is 6.30. The highest BCUT2D eigenvalue weighted by Gasteiger charge is 2.52. The summed E-state index contributed by atoms with van der Waals surface area (Å²) in [4.78, 5) is 22.5. The lowest BCUT2D eigenvalue weighted by atomic mass is 10.1. The van der Waals surface area contributed by atoms with E-state index in [1.165, 1.54) is 15.6 Å². The minimum atomic E-state index is -3.41. The third-order valence-corrected chi connectivity index (χ3v) is 7.90. The standard InChI is InChI=1S/C16H18N4O3S2/c1-11-18-14(10-24-11)8-20-7-13-6-19(9-15(13)25(20,22)23)16(21)12-2-4-17-5-3-12/h2-5,10,13,15H,6-9H2,1H3/t13-,15-/m1/s1. The number of amides is 1. The van der Waals surface area contributed by atoms with E-state index in [4.69, 9.17) is 0 Å². The number of thiazole rings is 1. The molecule has 2 saturated heterocycles. The van der Waals surface area contributed by atoms with Crippen molar-refractivity contribution in [3.8, 4) is 0 Å². The molecule has 2 aliphatic heterocycles. The van der Waals surface area contributed by atoms with Crippen LogP contribution in [0.15, 0.2) is 29.9 Å². The van der Waals surface area contributed by atoms with E-state index in [1.54, 1.807) is 29.4 Å². The molecule has 0 unspecified atom stereocenters. The topological polar surface area (TPSA) is 83.5 Å². The Morgan fingerprint density at radius 3 is 2.68 bits per heavy atom. The first-order valence-corrected chi connectivity index (χ1v) is 10.4. The van der Waals surface area contributed by atoms with Gasteiger partial charge in [0.1, 0.15) is 0 Å². The van der Waals surface area contributed by atoms with Gasteiger partial charge in [-0.25, -0.2) is 13.4 Å². The van der Waals surface area contributed by atoms with Gasteiger partial charge < -0.3 is 4.90 Å². The number of likely N-dealkylation sites (tertiary alicyclic amines) is 1. The van der Waals surface area contributed by atoms with Crippen LogP contribution >= 0.6 is 11.3 Å². The summed E-state index contributed by atoms with van der Waals surface area (Å²) in [6, 6.07) is 3.31. The van der Waals surface area contributed by atoms with Gasteiger partial charge in [0.05, 0.1) is 22.5 Å². The average Bonchev–Trinajstić information content (AvgIpc) is 3.26. The van der Waals surface area contributed by atoms with Crippen molar-refractivity contribution in [3.05, 3.63) is 46.2 Å². The fraction of sp³-hybridized carbons (Fsp3) is 0.438. The van der Waals surface area contributed by atoms with Crippen molar-refractivity contribution >= 4 is 27.3 Å². The smallest absolute Gasteiger partial charge is 0.254 e. The third-order valence-electron chi connectivity index (χ3n) is 4.78. The number of pyridine rings is 1. The number of carbonyl (C=O) groups is 1. The predicted molar refractivity (Wildman–Crippen MR) is 93.6 cm³/mol. The number of rotatable bonds is 3. The number of fused-ring (bicyclic) bond motifs is 1.